The largest absolute Gasteiger partial charge is 0.346 e. The van der Waals surface area contributed by atoms with E-state index in [0.717, 1.165) is 24.3 Å². The van der Waals surface area contributed by atoms with E-state index in [-0.39, 0.29) is 10.9 Å². The zero-order valence-corrected chi connectivity index (χ0v) is 18.8. The van der Waals surface area contributed by atoms with Gasteiger partial charge in [0.2, 0.25) is 15.0 Å². The zero-order chi connectivity index (χ0) is 21.8. The number of sulfone groups is 1. The summed E-state index contributed by atoms with van der Waals surface area (Å²) in [6.45, 7) is 4.46. The number of benzene rings is 2. The van der Waals surface area contributed by atoms with Crippen LogP contribution >= 0.6 is 0 Å². The predicted molar refractivity (Wildman–Crippen MR) is 124 cm³/mol. The van der Waals surface area contributed by atoms with E-state index < -0.39 is 9.84 Å². The minimum atomic E-state index is -3.41. The molecule has 2 heterocycles. The quantitative estimate of drug-likeness (QED) is 0.400. The van der Waals surface area contributed by atoms with Crippen LogP contribution in [-0.4, -0.2) is 46.8 Å². The van der Waals surface area contributed by atoms with Gasteiger partial charge in [-0.25, -0.2) is 13.4 Å². The number of aromatic nitrogens is 3. The van der Waals surface area contributed by atoms with E-state index in [4.69, 9.17) is 0 Å². The minimum absolute atomic E-state index is 0.0365. The lowest BCUT2D eigenvalue weighted by atomic mass is 10.2. The Kier molecular flexibility index (Phi) is 6.25. The van der Waals surface area contributed by atoms with Crippen LogP contribution in [0.15, 0.2) is 78.2 Å². The lowest BCUT2D eigenvalue weighted by Crippen LogP contribution is -2.25. The van der Waals surface area contributed by atoms with Crippen molar-refractivity contribution in [3.63, 3.8) is 0 Å². The van der Waals surface area contributed by atoms with Gasteiger partial charge < -0.3 is 9.13 Å². The summed E-state index contributed by atoms with van der Waals surface area (Å²) in [5.74, 6) is 0.0365. The molecule has 0 N–H and O–H groups in total. The van der Waals surface area contributed by atoms with Crippen molar-refractivity contribution in [2.75, 3.05) is 19.3 Å². The average Bonchev–Trinajstić information content (AvgIpc) is 3.37. The third kappa shape index (κ3) is 4.73. The molecule has 0 bridgehead atoms. The van der Waals surface area contributed by atoms with Crippen LogP contribution in [0.1, 0.15) is 18.2 Å². The van der Waals surface area contributed by atoms with Crippen LogP contribution in [0.5, 0.6) is 0 Å². The SMILES string of the molecule is CCS(=O)(=O)c1ncc(CN(C)CCn2ccc3ccccc32)n1Cc1ccccc1. The van der Waals surface area contributed by atoms with E-state index >= 15 is 0 Å². The maximum atomic E-state index is 12.6. The lowest BCUT2D eigenvalue weighted by molar-refractivity contribution is 0.304. The predicted octanol–water partition coefficient (Wildman–Crippen LogP) is 3.81. The Hall–Kier alpha value is -2.90. The molecule has 4 rings (SSSR count). The summed E-state index contributed by atoms with van der Waals surface area (Å²) in [4.78, 5) is 6.51. The Bertz CT molecular complexity index is 1260. The molecule has 0 aliphatic heterocycles. The molecule has 4 aromatic rings. The van der Waals surface area contributed by atoms with E-state index in [9.17, 15) is 8.42 Å². The van der Waals surface area contributed by atoms with Crippen LogP contribution in [-0.2, 0) is 29.5 Å². The van der Waals surface area contributed by atoms with Gasteiger partial charge in [-0.2, -0.15) is 0 Å². The van der Waals surface area contributed by atoms with Crippen molar-refractivity contribution in [2.24, 2.45) is 0 Å². The van der Waals surface area contributed by atoms with E-state index in [1.54, 1.807) is 13.1 Å². The summed E-state index contributed by atoms with van der Waals surface area (Å²) in [5, 5.41) is 1.39. The van der Waals surface area contributed by atoms with Crippen molar-refractivity contribution >= 4 is 20.7 Å². The van der Waals surface area contributed by atoms with Gasteiger partial charge in [0.15, 0.2) is 0 Å². The van der Waals surface area contributed by atoms with Gasteiger partial charge in [-0.3, -0.25) is 4.90 Å². The van der Waals surface area contributed by atoms with Crippen LogP contribution in [0.3, 0.4) is 0 Å². The maximum Gasteiger partial charge on any atom is 0.228 e. The second-order valence-corrected chi connectivity index (χ2v) is 9.99. The Morgan fingerprint density at radius 3 is 2.52 bits per heavy atom. The van der Waals surface area contributed by atoms with Crippen molar-refractivity contribution < 1.29 is 8.42 Å². The van der Waals surface area contributed by atoms with Gasteiger partial charge in [-0.1, -0.05) is 55.5 Å². The topological polar surface area (TPSA) is 60.1 Å². The van der Waals surface area contributed by atoms with E-state index in [0.29, 0.717) is 13.1 Å². The van der Waals surface area contributed by atoms with Gasteiger partial charge in [0.05, 0.1) is 24.2 Å². The van der Waals surface area contributed by atoms with E-state index in [1.165, 1.54) is 10.9 Å². The number of likely N-dealkylation sites (N-methyl/N-ethyl adjacent to an activating group) is 1. The van der Waals surface area contributed by atoms with E-state index in [1.807, 2.05) is 34.9 Å². The fourth-order valence-corrected chi connectivity index (χ4v) is 4.79. The summed E-state index contributed by atoms with van der Waals surface area (Å²) in [5.41, 5.74) is 3.17. The van der Waals surface area contributed by atoms with Crippen molar-refractivity contribution in [1.82, 2.24) is 19.0 Å². The number of fused-ring (bicyclic) bond motifs is 1. The molecule has 0 amide bonds. The smallest absolute Gasteiger partial charge is 0.228 e. The Balaban J connectivity index is 1.53. The molecular weight excluding hydrogens is 408 g/mol. The molecule has 0 atom stereocenters. The number of imidazole rings is 1. The van der Waals surface area contributed by atoms with Gasteiger partial charge in [0.1, 0.15) is 0 Å². The first-order valence-corrected chi connectivity index (χ1v) is 12.2. The monoisotopic (exact) mass is 436 g/mol. The molecule has 162 valence electrons. The van der Waals surface area contributed by atoms with Crippen molar-refractivity contribution in [1.29, 1.82) is 0 Å². The first-order valence-electron chi connectivity index (χ1n) is 10.5. The molecule has 31 heavy (non-hydrogen) atoms. The molecule has 0 spiro atoms. The number of hydrogen-bond acceptors (Lipinski definition) is 4. The minimum Gasteiger partial charge on any atom is -0.346 e. The molecule has 0 aliphatic carbocycles. The molecule has 0 unspecified atom stereocenters. The molecule has 0 fully saturated rings. The van der Waals surface area contributed by atoms with Gasteiger partial charge >= 0.3 is 0 Å². The summed E-state index contributed by atoms with van der Waals surface area (Å²) in [6.07, 6.45) is 3.82. The molecule has 2 aromatic carbocycles. The molecular formula is C24H28N4O2S. The number of para-hydroxylation sites is 1. The molecule has 0 saturated carbocycles. The molecule has 0 saturated heterocycles. The summed E-state index contributed by atoms with van der Waals surface area (Å²) < 4.78 is 29.3. The van der Waals surface area contributed by atoms with Crippen LogP contribution in [0.2, 0.25) is 0 Å². The van der Waals surface area contributed by atoms with Crippen LogP contribution in [0.4, 0.5) is 0 Å². The van der Waals surface area contributed by atoms with Crippen LogP contribution in [0.25, 0.3) is 10.9 Å². The fourth-order valence-electron chi connectivity index (χ4n) is 3.80. The highest BCUT2D eigenvalue weighted by Gasteiger charge is 2.22. The third-order valence-electron chi connectivity index (χ3n) is 5.58. The first-order chi connectivity index (χ1) is 15.0. The second kappa shape index (κ2) is 9.08. The summed E-state index contributed by atoms with van der Waals surface area (Å²) in [7, 11) is -1.35. The van der Waals surface area contributed by atoms with Gasteiger partial charge in [-0.15, -0.1) is 0 Å². The lowest BCUT2D eigenvalue weighted by Gasteiger charge is -2.19. The number of rotatable bonds is 9. The van der Waals surface area contributed by atoms with Gasteiger partial charge in [0.25, 0.3) is 0 Å². The zero-order valence-electron chi connectivity index (χ0n) is 18.0. The van der Waals surface area contributed by atoms with Crippen LogP contribution < -0.4 is 0 Å². The highest BCUT2D eigenvalue weighted by molar-refractivity contribution is 7.91. The Morgan fingerprint density at radius 1 is 1.00 bits per heavy atom. The highest BCUT2D eigenvalue weighted by Crippen LogP contribution is 2.18. The van der Waals surface area contributed by atoms with Gasteiger partial charge in [-0.05, 0) is 30.1 Å². The molecule has 0 radical (unpaired) electrons. The second-order valence-electron chi connectivity index (χ2n) is 7.81. The number of hydrogen-bond donors (Lipinski definition) is 0. The first kappa shape index (κ1) is 21.3. The van der Waals surface area contributed by atoms with Crippen molar-refractivity contribution in [2.45, 2.75) is 31.7 Å². The fraction of sp³-hybridized carbons (Fsp3) is 0.292. The standard InChI is InChI=1S/C24H28N4O2S/c1-3-31(29,30)24-25-17-22(28(24)18-20-9-5-4-6-10-20)19-26(2)15-16-27-14-13-21-11-7-8-12-23(21)27/h4-14,17H,3,15-16,18-19H2,1-2H3. The molecule has 7 heteroatoms. The summed E-state index contributed by atoms with van der Waals surface area (Å²) in [6, 6.07) is 20.4. The Labute approximate surface area is 183 Å². The van der Waals surface area contributed by atoms with E-state index in [2.05, 4.69) is 58.0 Å². The van der Waals surface area contributed by atoms with Gasteiger partial charge in [0, 0.05) is 31.3 Å². The Morgan fingerprint density at radius 2 is 1.74 bits per heavy atom. The van der Waals surface area contributed by atoms with Crippen molar-refractivity contribution in [3.8, 4) is 0 Å². The highest BCUT2D eigenvalue weighted by atomic mass is 32.2. The maximum absolute atomic E-state index is 12.6. The molecule has 6 nitrogen and oxygen atoms in total. The average molecular weight is 437 g/mol. The molecule has 2 aromatic heterocycles. The third-order valence-corrected chi connectivity index (χ3v) is 7.22. The van der Waals surface area contributed by atoms with Crippen molar-refractivity contribution in [3.05, 3.63) is 84.3 Å². The molecule has 0 aliphatic rings. The number of nitrogens with zero attached hydrogens (tertiary/aromatic N) is 4. The summed E-state index contributed by atoms with van der Waals surface area (Å²) >= 11 is 0. The van der Waals surface area contributed by atoms with Crippen LogP contribution in [0, 0.1) is 0 Å². The normalized spacial score (nSPS) is 12.1.